The number of ether oxygens (including phenoxy) is 1. The van der Waals surface area contributed by atoms with E-state index < -0.39 is 0 Å². The van der Waals surface area contributed by atoms with Gasteiger partial charge >= 0.3 is 0 Å². The highest BCUT2D eigenvalue weighted by Crippen LogP contribution is 2.38. The van der Waals surface area contributed by atoms with E-state index in [9.17, 15) is 4.79 Å². The first kappa shape index (κ1) is 18.1. The molecule has 0 aliphatic heterocycles. The Hall–Kier alpha value is -2.92. The van der Waals surface area contributed by atoms with Gasteiger partial charge in [0.05, 0.1) is 17.2 Å². The normalized spacial score (nSPS) is 16.2. The Labute approximate surface area is 173 Å². The van der Waals surface area contributed by atoms with Crippen LogP contribution in [0.2, 0.25) is 0 Å². The van der Waals surface area contributed by atoms with Crippen molar-refractivity contribution < 1.29 is 9.53 Å². The van der Waals surface area contributed by atoms with Crippen molar-refractivity contribution in [1.29, 1.82) is 0 Å². The molecule has 2 heterocycles. The molecule has 0 saturated heterocycles. The first-order valence-electron chi connectivity index (χ1n) is 10.0. The number of fused-ring (bicyclic) bond motifs is 3. The van der Waals surface area contributed by atoms with E-state index in [1.165, 1.54) is 16.9 Å². The molecule has 4 aromatic rings. The summed E-state index contributed by atoms with van der Waals surface area (Å²) < 4.78 is 7.78. The van der Waals surface area contributed by atoms with Gasteiger partial charge in [-0.05, 0) is 48.6 Å². The van der Waals surface area contributed by atoms with Crippen molar-refractivity contribution in [3.05, 3.63) is 76.9 Å². The number of imidazole rings is 1. The molecule has 1 atom stereocenters. The third-order valence-electron chi connectivity index (χ3n) is 5.44. The Morgan fingerprint density at radius 1 is 1.10 bits per heavy atom. The summed E-state index contributed by atoms with van der Waals surface area (Å²) in [6, 6.07) is 18.4. The summed E-state index contributed by atoms with van der Waals surface area (Å²) in [6.45, 7) is 2.82. The Balaban J connectivity index is 1.47. The molecular weight excluding hydrogens is 380 g/mol. The highest BCUT2D eigenvalue weighted by Gasteiger charge is 2.30. The van der Waals surface area contributed by atoms with Crippen LogP contribution >= 0.6 is 11.3 Å². The summed E-state index contributed by atoms with van der Waals surface area (Å²) in [5.41, 5.74) is 4.31. The predicted molar refractivity (Wildman–Crippen MR) is 116 cm³/mol. The average Bonchev–Trinajstić information content (AvgIpc) is 3.32. The zero-order valence-electron chi connectivity index (χ0n) is 16.3. The molecule has 4 nitrogen and oxygen atoms in total. The molecule has 0 N–H and O–H groups in total. The number of nitrogens with zero attached hydrogens (tertiary/aromatic N) is 2. The second-order valence-corrected chi connectivity index (χ2v) is 8.45. The van der Waals surface area contributed by atoms with Crippen molar-refractivity contribution >= 4 is 22.1 Å². The van der Waals surface area contributed by atoms with Gasteiger partial charge in [0, 0.05) is 23.9 Å². The number of ketones is 1. The first-order valence-corrected chi connectivity index (χ1v) is 10.9. The topological polar surface area (TPSA) is 43.6 Å². The molecule has 29 heavy (non-hydrogen) atoms. The van der Waals surface area contributed by atoms with Gasteiger partial charge in [-0.25, -0.2) is 4.98 Å². The van der Waals surface area contributed by atoms with Gasteiger partial charge in [-0.3, -0.25) is 9.20 Å². The lowest BCUT2D eigenvalue weighted by Gasteiger charge is -2.21. The lowest BCUT2D eigenvalue weighted by molar-refractivity contribution is 0.0967. The van der Waals surface area contributed by atoms with Gasteiger partial charge in [0.1, 0.15) is 5.75 Å². The molecule has 0 spiro atoms. The molecule has 1 aliphatic rings. The van der Waals surface area contributed by atoms with E-state index >= 15 is 0 Å². The minimum Gasteiger partial charge on any atom is -0.494 e. The summed E-state index contributed by atoms with van der Waals surface area (Å²) in [5.74, 6) is 1.34. The molecule has 146 valence electrons. The number of hydrogen-bond acceptors (Lipinski definition) is 4. The molecule has 5 heteroatoms. The van der Waals surface area contributed by atoms with E-state index in [0.717, 1.165) is 52.0 Å². The molecular formula is C24H22N2O2S. The van der Waals surface area contributed by atoms with E-state index in [2.05, 4.69) is 29.7 Å². The van der Waals surface area contributed by atoms with Gasteiger partial charge < -0.3 is 4.74 Å². The number of rotatable bonds is 5. The van der Waals surface area contributed by atoms with Crippen molar-refractivity contribution in [2.24, 2.45) is 0 Å². The van der Waals surface area contributed by atoms with Gasteiger partial charge in [0.25, 0.3) is 0 Å². The Kier molecular flexibility index (Phi) is 4.68. The minimum absolute atomic E-state index is 0.231. The number of Topliss-reactive ketones (excluding diaryl/α,β-unsaturated/α-hetero) is 1. The Bertz CT molecular complexity index is 1160. The average molecular weight is 403 g/mol. The van der Waals surface area contributed by atoms with Crippen molar-refractivity contribution in [3.8, 4) is 17.0 Å². The summed E-state index contributed by atoms with van der Waals surface area (Å²) >= 11 is 1.51. The summed E-state index contributed by atoms with van der Waals surface area (Å²) in [5, 5.41) is 0. The van der Waals surface area contributed by atoms with Crippen molar-refractivity contribution in [3.63, 3.8) is 0 Å². The van der Waals surface area contributed by atoms with Gasteiger partial charge in [-0.1, -0.05) is 48.6 Å². The lowest BCUT2D eigenvalue weighted by atomic mass is 9.84. The van der Waals surface area contributed by atoms with E-state index in [1.54, 1.807) is 0 Å². The Morgan fingerprint density at radius 3 is 2.66 bits per heavy atom. The summed E-state index contributed by atoms with van der Waals surface area (Å²) in [6.07, 6.45) is 4.50. The standard InChI is InChI=1S/C24H22N2O2S/c1-2-12-28-19-10-8-17(9-11-19)20-15-26-21-13-18(16-6-4-3-5-7-16)14-22(27)23(21)29-24(26)25-20/h3-11,15,18H,2,12-14H2,1H3/t18-/m1/s1. The number of benzene rings is 2. The zero-order valence-corrected chi connectivity index (χ0v) is 17.1. The number of carbonyl (C=O) groups is 1. The van der Waals surface area contributed by atoms with E-state index in [0.29, 0.717) is 6.42 Å². The fraction of sp³-hybridized carbons (Fsp3) is 0.250. The van der Waals surface area contributed by atoms with Gasteiger partial charge in [-0.15, -0.1) is 0 Å². The van der Waals surface area contributed by atoms with Crippen LogP contribution in [0.4, 0.5) is 0 Å². The SMILES string of the molecule is CCCOc1ccc(-c2cn3c4c(sc3n2)C(=O)C[C@H](c2ccccc2)C4)cc1. The van der Waals surface area contributed by atoms with Crippen molar-refractivity contribution in [2.45, 2.75) is 32.1 Å². The lowest BCUT2D eigenvalue weighted by Crippen LogP contribution is -2.18. The molecule has 5 rings (SSSR count). The maximum atomic E-state index is 12.8. The van der Waals surface area contributed by atoms with Crippen LogP contribution in [-0.2, 0) is 6.42 Å². The summed E-state index contributed by atoms with van der Waals surface area (Å²) in [4.78, 5) is 19.3. The number of aromatic nitrogens is 2. The summed E-state index contributed by atoms with van der Waals surface area (Å²) in [7, 11) is 0. The minimum atomic E-state index is 0.231. The highest BCUT2D eigenvalue weighted by molar-refractivity contribution is 7.19. The molecule has 0 fully saturated rings. The molecule has 0 radical (unpaired) electrons. The highest BCUT2D eigenvalue weighted by atomic mass is 32.1. The molecule has 2 aromatic heterocycles. The van der Waals surface area contributed by atoms with E-state index in [4.69, 9.17) is 9.72 Å². The molecule has 0 unspecified atom stereocenters. The van der Waals surface area contributed by atoms with Crippen LogP contribution in [0.1, 0.15) is 46.6 Å². The van der Waals surface area contributed by atoms with Crippen LogP contribution in [0.15, 0.2) is 60.8 Å². The van der Waals surface area contributed by atoms with Gasteiger partial charge in [0.2, 0.25) is 0 Å². The largest absolute Gasteiger partial charge is 0.494 e. The molecule has 0 amide bonds. The fourth-order valence-electron chi connectivity index (χ4n) is 3.96. The number of thiazole rings is 1. The number of hydrogen-bond donors (Lipinski definition) is 0. The molecule has 2 aromatic carbocycles. The van der Waals surface area contributed by atoms with Crippen LogP contribution in [-0.4, -0.2) is 21.8 Å². The second-order valence-electron chi connectivity index (χ2n) is 7.47. The smallest absolute Gasteiger partial charge is 0.195 e. The Morgan fingerprint density at radius 2 is 1.90 bits per heavy atom. The quantitative estimate of drug-likeness (QED) is 0.426. The van der Waals surface area contributed by atoms with Crippen LogP contribution in [0.5, 0.6) is 5.75 Å². The maximum absolute atomic E-state index is 12.8. The van der Waals surface area contributed by atoms with Gasteiger partial charge in [0.15, 0.2) is 10.7 Å². The van der Waals surface area contributed by atoms with E-state index in [-0.39, 0.29) is 11.7 Å². The maximum Gasteiger partial charge on any atom is 0.195 e. The van der Waals surface area contributed by atoms with Crippen molar-refractivity contribution in [1.82, 2.24) is 9.38 Å². The van der Waals surface area contributed by atoms with E-state index in [1.807, 2.05) is 42.5 Å². The van der Waals surface area contributed by atoms with Crippen LogP contribution in [0.3, 0.4) is 0 Å². The molecule has 0 saturated carbocycles. The van der Waals surface area contributed by atoms with Crippen LogP contribution in [0, 0.1) is 0 Å². The predicted octanol–water partition coefficient (Wildman–Crippen LogP) is 5.76. The van der Waals surface area contributed by atoms with Crippen LogP contribution in [0.25, 0.3) is 16.2 Å². The molecule has 1 aliphatic carbocycles. The second kappa shape index (κ2) is 7.48. The monoisotopic (exact) mass is 402 g/mol. The molecule has 0 bridgehead atoms. The van der Waals surface area contributed by atoms with Crippen LogP contribution < -0.4 is 4.74 Å². The number of carbonyl (C=O) groups excluding carboxylic acids is 1. The first-order chi connectivity index (χ1) is 14.2. The van der Waals surface area contributed by atoms with Gasteiger partial charge in [-0.2, -0.15) is 0 Å². The third kappa shape index (κ3) is 3.36. The van der Waals surface area contributed by atoms with Crippen molar-refractivity contribution in [2.75, 3.05) is 6.61 Å². The third-order valence-corrected chi connectivity index (χ3v) is 6.58. The fourth-order valence-corrected chi connectivity index (χ4v) is 5.05. The zero-order chi connectivity index (χ0) is 19.8.